The molecule has 30 heavy (non-hydrogen) atoms. The van der Waals surface area contributed by atoms with Crippen molar-refractivity contribution in [2.24, 2.45) is 0 Å². The van der Waals surface area contributed by atoms with Gasteiger partial charge in [0, 0.05) is 23.9 Å². The Morgan fingerprint density at radius 1 is 0.833 bits per heavy atom. The van der Waals surface area contributed by atoms with Crippen LogP contribution < -0.4 is 15.4 Å². The molecule has 0 saturated heterocycles. The number of ether oxygens (including phenoxy) is 1. The van der Waals surface area contributed by atoms with Crippen LogP contribution in [0.3, 0.4) is 0 Å². The third kappa shape index (κ3) is 5.75. The molecule has 7 heteroatoms. The summed E-state index contributed by atoms with van der Waals surface area (Å²) in [5, 5.41) is 5.47. The fourth-order valence-electron chi connectivity index (χ4n) is 2.63. The molecule has 0 aliphatic rings. The molecule has 3 rings (SSSR count). The van der Waals surface area contributed by atoms with E-state index >= 15 is 0 Å². The smallest absolute Gasteiger partial charge is 0.248 e. The standard InChI is InChI=1S/C23H22N2O5/c1-15-4-7-18(29-15)9-12-22(26)24-17-6-11-20(21(14-17)28-3)25-23(27)13-10-19-8-5-16(2)30-19/h4-14H,1-3H3,(H,24,26)(H,25,27). The van der Waals surface area contributed by atoms with Crippen molar-refractivity contribution in [3.05, 3.63) is 77.7 Å². The molecular weight excluding hydrogens is 384 g/mol. The minimum absolute atomic E-state index is 0.320. The van der Waals surface area contributed by atoms with E-state index in [1.165, 1.54) is 19.3 Å². The maximum atomic E-state index is 12.2. The molecule has 2 heterocycles. The normalized spacial score (nSPS) is 11.2. The molecule has 1 aromatic carbocycles. The zero-order valence-corrected chi connectivity index (χ0v) is 16.9. The number of carbonyl (C=O) groups is 2. The lowest BCUT2D eigenvalue weighted by molar-refractivity contribution is -0.112. The average Bonchev–Trinajstić information content (AvgIpc) is 3.33. The van der Waals surface area contributed by atoms with Gasteiger partial charge in [0.1, 0.15) is 28.8 Å². The molecule has 0 saturated carbocycles. The summed E-state index contributed by atoms with van der Waals surface area (Å²) in [6, 6.07) is 12.1. The summed E-state index contributed by atoms with van der Waals surface area (Å²) in [5.74, 6) is 2.47. The highest BCUT2D eigenvalue weighted by Crippen LogP contribution is 2.28. The lowest BCUT2D eigenvalue weighted by Crippen LogP contribution is -2.10. The van der Waals surface area contributed by atoms with Crippen molar-refractivity contribution in [1.82, 2.24) is 0 Å². The largest absolute Gasteiger partial charge is 0.494 e. The summed E-state index contributed by atoms with van der Waals surface area (Å²) in [4.78, 5) is 24.3. The number of rotatable bonds is 7. The van der Waals surface area contributed by atoms with Gasteiger partial charge in [-0.05, 0) is 62.4 Å². The van der Waals surface area contributed by atoms with Crippen LogP contribution in [-0.2, 0) is 9.59 Å². The van der Waals surface area contributed by atoms with E-state index in [1.54, 1.807) is 42.5 Å². The number of aryl methyl sites for hydroxylation is 2. The van der Waals surface area contributed by atoms with Crippen molar-refractivity contribution < 1.29 is 23.2 Å². The van der Waals surface area contributed by atoms with E-state index in [-0.39, 0.29) is 11.8 Å². The highest BCUT2D eigenvalue weighted by molar-refractivity contribution is 6.04. The van der Waals surface area contributed by atoms with E-state index < -0.39 is 0 Å². The molecule has 0 bridgehead atoms. The Hall–Kier alpha value is -4.00. The molecule has 7 nitrogen and oxygen atoms in total. The van der Waals surface area contributed by atoms with Crippen LogP contribution in [0.15, 0.2) is 63.5 Å². The van der Waals surface area contributed by atoms with Gasteiger partial charge in [-0.15, -0.1) is 0 Å². The zero-order chi connectivity index (χ0) is 21.5. The molecule has 154 valence electrons. The molecule has 0 atom stereocenters. The first-order valence-corrected chi connectivity index (χ1v) is 9.22. The van der Waals surface area contributed by atoms with Gasteiger partial charge in [-0.2, -0.15) is 0 Å². The number of amides is 2. The second-order valence-corrected chi connectivity index (χ2v) is 6.46. The fraction of sp³-hybridized carbons (Fsp3) is 0.130. The summed E-state index contributed by atoms with van der Waals surface area (Å²) in [6.07, 6.45) is 5.91. The second-order valence-electron chi connectivity index (χ2n) is 6.46. The third-order valence-electron chi connectivity index (χ3n) is 4.05. The Labute approximate surface area is 174 Å². The van der Waals surface area contributed by atoms with Gasteiger partial charge in [0.15, 0.2) is 0 Å². The summed E-state index contributed by atoms with van der Waals surface area (Å²) >= 11 is 0. The molecule has 0 aliphatic carbocycles. The predicted molar refractivity (Wildman–Crippen MR) is 115 cm³/mol. The van der Waals surface area contributed by atoms with Crippen LogP contribution >= 0.6 is 0 Å². The second kappa shape index (κ2) is 9.47. The van der Waals surface area contributed by atoms with Gasteiger partial charge >= 0.3 is 0 Å². The van der Waals surface area contributed by atoms with E-state index in [0.717, 1.165) is 11.5 Å². The molecule has 0 aliphatic heterocycles. The number of hydrogen-bond acceptors (Lipinski definition) is 5. The molecule has 0 fully saturated rings. The number of carbonyl (C=O) groups excluding carboxylic acids is 2. The minimum Gasteiger partial charge on any atom is -0.494 e. The molecule has 2 aromatic heterocycles. The van der Waals surface area contributed by atoms with Gasteiger partial charge in [0.2, 0.25) is 11.8 Å². The third-order valence-corrected chi connectivity index (χ3v) is 4.05. The summed E-state index contributed by atoms with van der Waals surface area (Å²) in [5.41, 5.74) is 0.999. The Morgan fingerprint density at radius 2 is 1.40 bits per heavy atom. The molecule has 2 amide bonds. The Balaban J connectivity index is 1.62. The van der Waals surface area contributed by atoms with Crippen LogP contribution in [0.1, 0.15) is 23.0 Å². The van der Waals surface area contributed by atoms with Crippen LogP contribution in [0.25, 0.3) is 12.2 Å². The van der Waals surface area contributed by atoms with Crippen molar-refractivity contribution in [2.75, 3.05) is 17.7 Å². The Bertz CT molecular complexity index is 1100. The zero-order valence-electron chi connectivity index (χ0n) is 16.9. The van der Waals surface area contributed by atoms with E-state index in [4.69, 9.17) is 13.6 Å². The molecule has 0 radical (unpaired) electrons. The number of nitrogens with one attached hydrogen (secondary N) is 2. The summed E-state index contributed by atoms with van der Waals surface area (Å²) in [7, 11) is 1.48. The van der Waals surface area contributed by atoms with Crippen molar-refractivity contribution in [1.29, 1.82) is 0 Å². The van der Waals surface area contributed by atoms with Crippen LogP contribution in [0.5, 0.6) is 5.75 Å². The van der Waals surface area contributed by atoms with Crippen molar-refractivity contribution in [3.8, 4) is 5.75 Å². The maximum absolute atomic E-state index is 12.2. The molecule has 0 unspecified atom stereocenters. The van der Waals surface area contributed by atoms with E-state index in [9.17, 15) is 9.59 Å². The molecule has 0 spiro atoms. The number of anilines is 2. The van der Waals surface area contributed by atoms with Crippen LogP contribution in [0.2, 0.25) is 0 Å². The lowest BCUT2D eigenvalue weighted by atomic mass is 10.2. The maximum Gasteiger partial charge on any atom is 0.248 e. The topological polar surface area (TPSA) is 93.7 Å². The highest BCUT2D eigenvalue weighted by Gasteiger charge is 2.08. The van der Waals surface area contributed by atoms with Gasteiger partial charge in [-0.3, -0.25) is 9.59 Å². The van der Waals surface area contributed by atoms with Crippen molar-refractivity contribution in [2.45, 2.75) is 13.8 Å². The molecule has 3 aromatic rings. The van der Waals surface area contributed by atoms with Gasteiger partial charge in [0.25, 0.3) is 0 Å². The number of methoxy groups -OCH3 is 1. The van der Waals surface area contributed by atoms with Gasteiger partial charge in [-0.1, -0.05) is 0 Å². The van der Waals surface area contributed by atoms with Crippen molar-refractivity contribution in [3.63, 3.8) is 0 Å². The molecule has 2 N–H and O–H groups in total. The first kappa shape index (κ1) is 20.7. The fourth-order valence-corrected chi connectivity index (χ4v) is 2.63. The Morgan fingerprint density at radius 3 is 1.90 bits per heavy atom. The van der Waals surface area contributed by atoms with E-state index in [1.807, 2.05) is 26.0 Å². The predicted octanol–water partition coefficient (Wildman–Crippen LogP) is 4.80. The Kier molecular flexibility index (Phi) is 6.54. The van der Waals surface area contributed by atoms with Crippen LogP contribution in [0, 0.1) is 13.8 Å². The first-order valence-electron chi connectivity index (χ1n) is 9.22. The number of furan rings is 2. The van der Waals surface area contributed by atoms with Crippen LogP contribution in [-0.4, -0.2) is 18.9 Å². The average molecular weight is 406 g/mol. The molecular formula is C23H22N2O5. The van der Waals surface area contributed by atoms with E-state index in [2.05, 4.69) is 10.6 Å². The van der Waals surface area contributed by atoms with Gasteiger partial charge in [-0.25, -0.2) is 0 Å². The van der Waals surface area contributed by atoms with Gasteiger partial charge < -0.3 is 24.2 Å². The minimum atomic E-state index is -0.337. The summed E-state index contributed by atoms with van der Waals surface area (Å²) in [6.45, 7) is 3.66. The highest BCUT2D eigenvalue weighted by atomic mass is 16.5. The van der Waals surface area contributed by atoms with Crippen molar-refractivity contribution >= 4 is 35.3 Å². The quantitative estimate of drug-likeness (QED) is 0.550. The number of hydrogen-bond donors (Lipinski definition) is 2. The lowest BCUT2D eigenvalue weighted by Gasteiger charge is -2.11. The van der Waals surface area contributed by atoms with Crippen LogP contribution in [0.4, 0.5) is 11.4 Å². The number of benzene rings is 1. The van der Waals surface area contributed by atoms with E-state index in [0.29, 0.717) is 28.6 Å². The van der Waals surface area contributed by atoms with Gasteiger partial charge in [0.05, 0.1) is 12.8 Å². The monoisotopic (exact) mass is 406 g/mol. The SMILES string of the molecule is COc1cc(NC(=O)C=Cc2ccc(C)o2)ccc1NC(=O)C=Cc1ccc(C)o1. The first-order chi connectivity index (χ1) is 14.4. The summed E-state index contributed by atoms with van der Waals surface area (Å²) < 4.78 is 16.1.